The molecule has 0 unspecified atom stereocenters. The van der Waals surface area contributed by atoms with Crippen LogP contribution in [0.25, 0.3) is 0 Å². The lowest BCUT2D eigenvalue weighted by molar-refractivity contribution is -0.189. The van der Waals surface area contributed by atoms with Crippen molar-refractivity contribution in [1.29, 1.82) is 0 Å². The molecule has 2 N–H and O–H groups in total. The summed E-state index contributed by atoms with van der Waals surface area (Å²) in [5, 5.41) is 22.8. The monoisotopic (exact) mass is 456 g/mol. The Balaban J connectivity index is 1.82. The highest BCUT2D eigenvalue weighted by Crippen LogP contribution is 2.63. The normalized spacial score (nSPS) is 44.9. The zero-order valence-electron chi connectivity index (χ0n) is 17.9. The van der Waals surface area contributed by atoms with Gasteiger partial charge < -0.3 is 14.6 Å². The molecule has 0 aliphatic heterocycles. The van der Waals surface area contributed by atoms with Gasteiger partial charge in [-0.15, -0.1) is 0 Å². The molecule has 3 fully saturated rings. The van der Waals surface area contributed by atoms with Crippen LogP contribution in [0.2, 0.25) is 18.1 Å². The van der Waals surface area contributed by atoms with Gasteiger partial charge in [-0.1, -0.05) is 33.6 Å². The van der Waals surface area contributed by atoms with E-state index in [1.54, 1.807) is 0 Å². The Morgan fingerprint density at radius 1 is 1.07 bits per heavy atom. The highest BCUT2D eigenvalue weighted by atomic mass is 79.9. The fourth-order valence-electron chi connectivity index (χ4n) is 5.88. The highest BCUT2D eigenvalue weighted by molar-refractivity contribution is 9.12. The zero-order valence-corrected chi connectivity index (χ0v) is 20.4. The molecule has 0 amide bonds. The lowest BCUT2D eigenvalue weighted by Crippen LogP contribution is -2.61. The van der Waals surface area contributed by atoms with Gasteiger partial charge in [-0.25, -0.2) is 0 Å². The van der Waals surface area contributed by atoms with Crippen LogP contribution < -0.4 is 0 Å². The van der Waals surface area contributed by atoms with E-state index in [9.17, 15) is 10.2 Å². The van der Waals surface area contributed by atoms with E-state index in [-0.39, 0.29) is 28.4 Å². The second-order valence-corrected chi connectivity index (χ2v) is 16.3. The lowest BCUT2D eigenvalue weighted by Gasteiger charge is -2.58. The quantitative estimate of drug-likeness (QED) is 0.442. The van der Waals surface area contributed by atoms with Crippen LogP contribution in [0.15, 0.2) is 0 Å². The number of aliphatic hydroxyl groups is 2. The van der Waals surface area contributed by atoms with Crippen molar-refractivity contribution in [2.75, 3.05) is 0 Å². The largest absolute Gasteiger partial charge is 0.413 e. The minimum Gasteiger partial charge on any atom is -0.413 e. The molecule has 3 aliphatic rings. The first kappa shape index (κ1) is 21.8. The SMILES string of the molecule is CC(C)(C)[Si](C)(C)O[C@H]1CC[C@@H]2[C@]1(C)CC[C@@H]1C[C@@](O)(C#CBr)CC[C@@]12O. The summed E-state index contributed by atoms with van der Waals surface area (Å²) in [7, 11) is -1.84. The summed E-state index contributed by atoms with van der Waals surface area (Å²) in [5.41, 5.74) is -1.60. The van der Waals surface area contributed by atoms with Gasteiger partial charge in [0.05, 0.1) is 11.7 Å². The van der Waals surface area contributed by atoms with E-state index in [4.69, 9.17) is 4.43 Å². The van der Waals surface area contributed by atoms with Crippen LogP contribution in [0.4, 0.5) is 0 Å². The number of hydrogen-bond donors (Lipinski definition) is 2. The molecule has 27 heavy (non-hydrogen) atoms. The predicted octanol–water partition coefficient (Wildman–Crippen LogP) is 5.21. The summed E-state index contributed by atoms with van der Waals surface area (Å²) < 4.78 is 6.89. The van der Waals surface area contributed by atoms with Crippen LogP contribution in [-0.4, -0.2) is 35.8 Å². The number of halogens is 1. The van der Waals surface area contributed by atoms with Crippen LogP contribution >= 0.6 is 15.9 Å². The van der Waals surface area contributed by atoms with Crippen LogP contribution in [0.5, 0.6) is 0 Å². The summed E-state index contributed by atoms with van der Waals surface area (Å²) >= 11 is 3.13. The summed E-state index contributed by atoms with van der Waals surface area (Å²) in [5.74, 6) is 3.33. The van der Waals surface area contributed by atoms with E-state index in [0.717, 1.165) is 25.7 Å². The minimum absolute atomic E-state index is 0.0390. The Morgan fingerprint density at radius 2 is 1.74 bits per heavy atom. The maximum Gasteiger partial charge on any atom is 0.192 e. The van der Waals surface area contributed by atoms with Crippen LogP contribution in [0.1, 0.15) is 72.6 Å². The van der Waals surface area contributed by atoms with Crippen molar-refractivity contribution >= 4 is 24.2 Å². The Labute approximate surface area is 174 Å². The molecule has 6 atom stereocenters. The molecule has 5 heteroatoms. The fraction of sp³-hybridized carbons (Fsp3) is 0.909. The van der Waals surface area contributed by atoms with Gasteiger partial charge in [-0.3, -0.25) is 0 Å². The average molecular weight is 458 g/mol. The molecule has 0 aromatic carbocycles. The third-order valence-corrected chi connectivity index (χ3v) is 13.3. The van der Waals surface area contributed by atoms with Gasteiger partial charge in [-0.2, -0.15) is 0 Å². The molecular formula is C22H37BrO3Si. The van der Waals surface area contributed by atoms with E-state index >= 15 is 0 Å². The first-order valence-corrected chi connectivity index (χ1v) is 14.2. The van der Waals surface area contributed by atoms with Gasteiger partial charge in [0.15, 0.2) is 8.32 Å². The highest BCUT2D eigenvalue weighted by Gasteiger charge is 2.64. The average Bonchev–Trinajstić information content (AvgIpc) is 2.85. The Kier molecular flexibility index (Phi) is 5.53. The smallest absolute Gasteiger partial charge is 0.192 e. The van der Waals surface area contributed by atoms with E-state index in [0.29, 0.717) is 19.3 Å². The van der Waals surface area contributed by atoms with Crippen LogP contribution in [0, 0.1) is 28.0 Å². The summed E-state index contributed by atoms with van der Waals surface area (Å²) in [6.45, 7) is 13.9. The first-order chi connectivity index (χ1) is 12.3. The van der Waals surface area contributed by atoms with Gasteiger partial charge in [0.25, 0.3) is 0 Å². The van der Waals surface area contributed by atoms with Crippen LogP contribution in [0.3, 0.4) is 0 Å². The number of hydrogen-bond acceptors (Lipinski definition) is 3. The van der Waals surface area contributed by atoms with E-state index < -0.39 is 19.5 Å². The molecule has 0 aromatic heterocycles. The van der Waals surface area contributed by atoms with Gasteiger partial charge >= 0.3 is 0 Å². The Bertz CT molecular complexity index is 648. The van der Waals surface area contributed by atoms with Crippen molar-refractivity contribution < 1.29 is 14.6 Å². The maximum atomic E-state index is 11.8. The third-order valence-electron chi connectivity index (χ3n) is 8.64. The van der Waals surface area contributed by atoms with E-state index in [1.807, 2.05) is 0 Å². The fourth-order valence-corrected chi connectivity index (χ4v) is 7.70. The van der Waals surface area contributed by atoms with Crippen molar-refractivity contribution in [2.45, 2.75) is 108 Å². The standard InChI is InChI=1S/C22H37BrO3Si/c1-19(2,3)27(5,6)26-18-8-7-17-20(18,4)10-9-16-15-21(24,13-14-23)11-12-22(16,17)25/h16-18,24-25H,7-12,15H2,1-6H3/t16-,17-,18+,20+,21+,22-/m1/s1. The van der Waals surface area contributed by atoms with E-state index in [1.165, 1.54) is 0 Å². The predicted molar refractivity (Wildman–Crippen MR) is 116 cm³/mol. The molecule has 0 radical (unpaired) electrons. The minimum atomic E-state index is -1.84. The van der Waals surface area contributed by atoms with Crippen molar-refractivity contribution in [1.82, 2.24) is 0 Å². The molecule has 3 rings (SSSR count). The van der Waals surface area contributed by atoms with Gasteiger partial charge in [-0.05, 0) is 85.2 Å². The number of rotatable bonds is 2. The molecular weight excluding hydrogens is 420 g/mol. The Hall–Kier alpha value is 0.137. The van der Waals surface area contributed by atoms with Crippen molar-refractivity contribution in [3.63, 3.8) is 0 Å². The van der Waals surface area contributed by atoms with Crippen LogP contribution in [-0.2, 0) is 4.43 Å². The van der Waals surface area contributed by atoms with Crippen molar-refractivity contribution in [3.05, 3.63) is 0 Å². The summed E-state index contributed by atoms with van der Waals surface area (Å²) in [6.07, 6.45) is 6.13. The maximum absolute atomic E-state index is 11.8. The third kappa shape index (κ3) is 3.59. The number of fused-ring (bicyclic) bond motifs is 3. The second-order valence-electron chi connectivity index (χ2n) is 11.2. The molecule has 3 aliphatic carbocycles. The van der Waals surface area contributed by atoms with Crippen molar-refractivity contribution in [3.8, 4) is 10.8 Å². The molecule has 3 nitrogen and oxygen atoms in total. The molecule has 0 spiro atoms. The molecule has 0 heterocycles. The van der Waals surface area contributed by atoms with Gasteiger partial charge in [0, 0.05) is 15.9 Å². The van der Waals surface area contributed by atoms with Gasteiger partial charge in [0.1, 0.15) is 5.60 Å². The first-order valence-electron chi connectivity index (χ1n) is 10.5. The summed E-state index contributed by atoms with van der Waals surface area (Å²) in [6, 6.07) is 0. The molecule has 0 aromatic rings. The lowest BCUT2D eigenvalue weighted by atomic mass is 9.52. The molecule has 154 valence electrons. The molecule has 0 bridgehead atoms. The second kappa shape index (κ2) is 6.84. The molecule has 3 saturated carbocycles. The Morgan fingerprint density at radius 3 is 2.33 bits per heavy atom. The summed E-state index contributed by atoms with van der Waals surface area (Å²) in [4.78, 5) is 2.70. The molecule has 0 saturated heterocycles. The zero-order chi connectivity index (χ0) is 20.3. The van der Waals surface area contributed by atoms with E-state index in [2.05, 4.69) is 67.5 Å². The topological polar surface area (TPSA) is 49.7 Å². The van der Waals surface area contributed by atoms with Gasteiger partial charge in [0.2, 0.25) is 0 Å². The van der Waals surface area contributed by atoms with Crippen molar-refractivity contribution in [2.24, 2.45) is 17.3 Å².